The smallest absolute Gasteiger partial charge is 0.264 e. The van der Waals surface area contributed by atoms with Crippen molar-refractivity contribution in [1.82, 2.24) is 5.32 Å². The van der Waals surface area contributed by atoms with Gasteiger partial charge in [-0.15, -0.1) is 0 Å². The van der Waals surface area contributed by atoms with Gasteiger partial charge in [0.05, 0.1) is 23.7 Å². The molecule has 0 fully saturated rings. The summed E-state index contributed by atoms with van der Waals surface area (Å²) >= 11 is 0. The fourth-order valence-electron chi connectivity index (χ4n) is 3.78. The molecule has 33 heavy (non-hydrogen) atoms. The van der Waals surface area contributed by atoms with E-state index in [-0.39, 0.29) is 24.1 Å². The van der Waals surface area contributed by atoms with Gasteiger partial charge in [0, 0.05) is 0 Å². The van der Waals surface area contributed by atoms with Gasteiger partial charge in [-0.25, -0.2) is 8.42 Å². The van der Waals surface area contributed by atoms with Crippen LogP contribution in [0.15, 0.2) is 83.8 Å². The molecule has 3 aromatic rings. The Morgan fingerprint density at radius 1 is 0.879 bits per heavy atom. The van der Waals surface area contributed by atoms with Crippen molar-refractivity contribution in [3.05, 3.63) is 78.9 Å². The number of rotatable bonds is 5. The molecule has 2 atom stereocenters. The summed E-state index contributed by atoms with van der Waals surface area (Å²) in [6.07, 6.45) is -1.39. The van der Waals surface area contributed by atoms with E-state index in [1.807, 2.05) is 18.2 Å². The van der Waals surface area contributed by atoms with Crippen LogP contribution < -0.4 is 23.8 Å². The van der Waals surface area contributed by atoms with Gasteiger partial charge in [-0.3, -0.25) is 9.10 Å². The number of carbonyl (C=O) groups is 1. The highest BCUT2D eigenvalue weighted by Gasteiger charge is 2.37. The zero-order chi connectivity index (χ0) is 22.8. The number of sulfonamides is 1. The normalized spacial score (nSPS) is 19.2. The second-order valence-corrected chi connectivity index (χ2v) is 9.53. The van der Waals surface area contributed by atoms with E-state index in [0.29, 0.717) is 29.5 Å². The number of amides is 1. The van der Waals surface area contributed by atoms with E-state index in [1.165, 1.54) is 16.4 Å². The van der Waals surface area contributed by atoms with Crippen LogP contribution in [0.3, 0.4) is 0 Å². The third-order valence-corrected chi connectivity index (χ3v) is 7.22. The summed E-state index contributed by atoms with van der Waals surface area (Å²) in [6.45, 7) is 0.338. The Labute approximate surface area is 191 Å². The predicted molar refractivity (Wildman–Crippen MR) is 121 cm³/mol. The molecule has 0 saturated carbocycles. The average molecular weight is 467 g/mol. The lowest BCUT2D eigenvalue weighted by Crippen LogP contribution is -2.52. The molecule has 0 saturated heterocycles. The van der Waals surface area contributed by atoms with Crippen molar-refractivity contribution >= 4 is 21.6 Å². The van der Waals surface area contributed by atoms with Gasteiger partial charge in [0.15, 0.2) is 17.6 Å². The maximum absolute atomic E-state index is 13.3. The molecule has 0 radical (unpaired) electrons. The molecule has 8 nitrogen and oxygen atoms in total. The molecule has 0 aliphatic carbocycles. The Kier molecular flexibility index (Phi) is 5.55. The molecule has 2 heterocycles. The van der Waals surface area contributed by atoms with E-state index in [9.17, 15) is 13.2 Å². The first-order valence-corrected chi connectivity index (χ1v) is 12.0. The van der Waals surface area contributed by atoms with Crippen molar-refractivity contribution in [1.29, 1.82) is 0 Å². The molecule has 2 aliphatic heterocycles. The lowest BCUT2D eigenvalue weighted by molar-refractivity contribution is -0.128. The molecule has 1 N–H and O–H groups in total. The third-order valence-electron chi connectivity index (χ3n) is 5.43. The summed E-state index contributed by atoms with van der Waals surface area (Å²) < 4.78 is 45.3. The lowest BCUT2D eigenvalue weighted by Gasteiger charge is -2.35. The van der Waals surface area contributed by atoms with Crippen molar-refractivity contribution in [2.45, 2.75) is 17.1 Å². The molecule has 0 unspecified atom stereocenters. The van der Waals surface area contributed by atoms with Crippen molar-refractivity contribution in [2.24, 2.45) is 0 Å². The number of hydrogen-bond donors (Lipinski definition) is 1. The summed E-state index contributed by atoms with van der Waals surface area (Å²) in [6, 6.07) is 22.2. The minimum Gasteiger partial charge on any atom is -0.486 e. The van der Waals surface area contributed by atoms with Crippen molar-refractivity contribution in [3.63, 3.8) is 0 Å². The third kappa shape index (κ3) is 4.19. The number of fused-ring (bicyclic) bond motifs is 2. The molecular formula is C24H22N2O6S. The molecule has 0 bridgehead atoms. The molecule has 1 amide bonds. The van der Waals surface area contributed by atoms with E-state index in [4.69, 9.17) is 14.2 Å². The summed E-state index contributed by atoms with van der Waals surface area (Å²) in [7, 11) is -3.88. The Hall–Kier alpha value is -3.72. The van der Waals surface area contributed by atoms with E-state index in [1.54, 1.807) is 48.5 Å². The fourth-order valence-corrected chi connectivity index (χ4v) is 5.27. The zero-order valence-corrected chi connectivity index (χ0v) is 18.4. The SMILES string of the molecule is O=C(NC[C@H]1COc2ccccc2O1)[C@@H]1CN(S(=O)(=O)c2ccccc2)c2ccccc2O1. The predicted octanol–water partition coefficient (Wildman–Crippen LogP) is 2.60. The van der Waals surface area contributed by atoms with Crippen molar-refractivity contribution in [3.8, 4) is 17.2 Å². The van der Waals surface area contributed by atoms with Crippen LogP contribution in [0.5, 0.6) is 17.2 Å². The largest absolute Gasteiger partial charge is 0.486 e. The first-order valence-electron chi connectivity index (χ1n) is 10.5. The van der Waals surface area contributed by atoms with E-state index in [2.05, 4.69) is 5.32 Å². The molecule has 0 spiro atoms. The molecule has 9 heteroatoms. The minimum atomic E-state index is -3.88. The van der Waals surface area contributed by atoms with E-state index in [0.717, 1.165) is 0 Å². The summed E-state index contributed by atoms with van der Waals surface area (Å²) in [5.41, 5.74) is 0.394. The Morgan fingerprint density at radius 2 is 1.55 bits per heavy atom. The summed E-state index contributed by atoms with van der Waals surface area (Å²) in [5, 5.41) is 2.81. The Morgan fingerprint density at radius 3 is 2.33 bits per heavy atom. The molecular weight excluding hydrogens is 444 g/mol. The highest BCUT2D eigenvalue weighted by molar-refractivity contribution is 7.92. The van der Waals surface area contributed by atoms with Crippen molar-refractivity contribution < 1.29 is 27.4 Å². The van der Waals surface area contributed by atoms with Gasteiger partial charge >= 0.3 is 0 Å². The quantitative estimate of drug-likeness (QED) is 0.621. The van der Waals surface area contributed by atoms with Gasteiger partial charge in [0.2, 0.25) is 0 Å². The van der Waals surface area contributed by atoms with Gasteiger partial charge in [-0.2, -0.15) is 0 Å². The van der Waals surface area contributed by atoms with Gasteiger partial charge in [0.1, 0.15) is 18.5 Å². The molecule has 3 aromatic carbocycles. The number of hydrogen-bond acceptors (Lipinski definition) is 6. The first kappa shape index (κ1) is 21.1. The number of para-hydroxylation sites is 4. The number of ether oxygens (including phenoxy) is 3. The van der Waals surface area contributed by atoms with Crippen LogP contribution in [0.4, 0.5) is 5.69 Å². The number of anilines is 1. The Bertz CT molecular complexity index is 1260. The number of carbonyl (C=O) groups excluding carboxylic acids is 1. The first-order chi connectivity index (χ1) is 16.0. The Balaban J connectivity index is 1.32. The van der Waals surface area contributed by atoms with Crippen LogP contribution in [0, 0.1) is 0 Å². The highest BCUT2D eigenvalue weighted by atomic mass is 32.2. The molecule has 2 aliphatic rings. The van der Waals surface area contributed by atoms with Crippen molar-refractivity contribution in [2.75, 3.05) is 24.0 Å². The maximum Gasteiger partial charge on any atom is 0.264 e. The molecule has 5 rings (SSSR count). The topological polar surface area (TPSA) is 94.2 Å². The maximum atomic E-state index is 13.3. The lowest BCUT2D eigenvalue weighted by atomic mass is 10.2. The second kappa shape index (κ2) is 8.67. The number of nitrogens with one attached hydrogen (secondary N) is 1. The number of benzene rings is 3. The van der Waals surface area contributed by atoms with Gasteiger partial charge in [0.25, 0.3) is 15.9 Å². The molecule has 0 aromatic heterocycles. The summed E-state index contributed by atoms with van der Waals surface area (Å²) in [4.78, 5) is 13.1. The van der Waals surface area contributed by atoms with Crippen LogP contribution >= 0.6 is 0 Å². The standard InChI is InChI=1S/C24H22N2O6S/c27-24(25-14-17-16-30-21-12-6-7-13-22(21)31-17)23-15-26(19-10-4-5-11-20(19)32-23)33(28,29)18-8-2-1-3-9-18/h1-13,17,23H,14-16H2,(H,25,27)/t17-,23-/m0/s1. The minimum absolute atomic E-state index is 0.146. The van der Waals surface area contributed by atoms with Crippen LogP contribution in [0.1, 0.15) is 0 Å². The highest BCUT2D eigenvalue weighted by Crippen LogP contribution is 2.37. The zero-order valence-electron chi connectivity index (χ0n) is 17.6. The summed E-state index contributed by atoms with van der Waals surface area (Å²) in [5.74, 6) is 1.18. The van der Waals surface area contributed by atoms with Gasteiger partial charge in [-0.1, -0.05) is 42.5 Å². The van der Waals surface area contributed by atoms with Crippen LogP contribution in [-0.4, -0.2) is 46.2 Å². The monoisotopic (exact) mass is 466 g/mol. The van der Waals surface area contributed by atoms with Gasteiger partial charge in [-0.05, 0) is 36.4 Å². The average Bonchev–Trinajstić information content (AvgIpc) is 2.87. The van der Waals surface area contributed by atoms with Crippen LogP contribution in [-0.2, 0) is 14.8 Å². The second-order valence-electron chi connectivity index (χ2n) is 7.67. The van der Waals surface area contributed by atoms with Gasteiger partial charge < -0.3 is 19.5 Å². The fraction of sp³-hybridized carbons (Fsp3) is 0.208. The number of nitrogens with zero attached hydrogens (tertiary/aromatic N) is 1. The van der Waals surface area contributed by atoms with Crippen LogP contribution in [0.2, 0.25) is 0 Å². The van der Waals surface area contributed by atoms with E-state index >= 15 is 0 Å². The van der Waals surface area contributed by atoms with E-state index < -0.39 is 22.0 Å². The molecule has 170 valence electrons. The van der Waals surface area contributed by atoms with Crippen LogP contribution in [0.25, 0.3) is 0 Å².